The van der Waals surface area contributed by atoms with Crippen LogP contribution in [0.25, 0.3) is 6.08 Å². The highest BCUT2D eigenvalue weighted by molar-refractivity contribution is 7.17. The van der Waals surface area contributed by atoms with Crippen LogP contribution in [0, 0.1) is 0 Å². The molecule has 1 fully saturated rings. The molecule has 1 unspecified atom stereocenters. The standard InChI is InChI=1S/C12H11ClN2O4S/c13-9-3-1-7(20-9)2-4-11(17)15-6-10(16)14-5-8(15)12(18)19/h1-4,8H,5-6H2,(H,14,16)(H,18,19)/b4-2+. The first-order chi connectivity index (χ1) is 9.47. The molecule has 0 bridgehead atoms. The summed E-state index contributed by atoms with van der Waals surface area (Å²) in [4.78, 5) is 36.2. The predicted octanol–water partition coefficient (Wildman–Crippen LogP) is 0.826. The zero-order valence-corrected chi connectivity index (χ0v) is 11.8. The Morgan fingerprint density at radius 1 is 1.50 bits per heavy atom. The molecule has 106 valence electrons. The van der Waals surface area contributed by atoms with Gasteiger partial charge >= 0.3 is 5.97 Å². The Labute approximate surface area is 123 Å². The Bertz CT molecular complexity index is 584. The fourth-order valence-corrected chi connectivity index (χ4v) is 2.72. The molecular weight excluding hydrogens is 304 g/mol. The van der Waals surface area contributed by atoms with Crippen LogP contribution in [-0.2, 0) is 14.4 Å². The van der Waals surface area contributed by atoms with Gasteiger partial charge in [0, 0.05) is 17.5 Å². The molecule has 1 aromatic rings. The van der Waals surface area contributed by atoms with E-state index in [9.17, 15) is 14.4 Å². The van der Waals surface area contributed by atoms with E-state index in [4.69, 9.17) is 16.7 Å². The quantitative estimate of drug-likeness (QED) is 0.809. The average molecular weight is 315 g/mol. The summed E-state index contributed by atoms with van der Waals surface area (Å²) in [6, 6.07) is 2.40. The van der Waals surface area contributed by atoms with Crippen LogP contribution in [0.5, 0.6) is 0 Å². The Hall–Kier alpha value is -1.86. The molecule has 2 heterocycles. The maximum atomic E-state index is 12.0. The van der Waals surface area contributed by atoms with Crippen molar-refractivity contribution < 1.29 is 19.5 Å². The molecule has 0 spiro atoms. The van der Waals surface area contributed by atoms with E-state index in [1.807, 2.05) is 0 Å². The summed E-state index contributed by atoms with van der Waals surface area (Å²) in [6.07, 6.45) is 2.79. The van der Waals surface area contributed by atoms with Gasteiger partial charge in [-0.25, -0.2) is 4.79 Å². The second-order valence-electron chi connectivity index (χ2n) is 4.10. The Balaban J connectivity index is 2.11. The maximum Gasteiger partial charge on any atom is 0.328 e. The average Bonchev–Trinajstić information content (AvgIpc) is 2.81. The van der Waals surface area contributed by atoms with Gasteiger partial charge in [-0.1, -0.05) is 11.6 Å². The van der Waals surface area contributed by atoms with E-state index in [1.165, 1.54) is 17.4 Å². The monoisotopic (exact) mass is 314 g/mol. The van der Waals surface area contributed by atoms with E-state index in [1.54, 1.807) is 18.2 Å². The van der Waals surface area contributed by atoms with E-state index < -0.39 is 17.9 Å². The molecular formula is C12H11ClN2O4S. The van der Waals surface area contributed by atoms with Crippen molar-refractivity contribution in [2.24, 2.45) is 0 Å². The molecule has 1 saturated heterocycles. The third kappa shape index (κ3) is 3.37. The molecule has 2 N–H and O–H groups in total. The number of aliphatic carboxylic acids is 1. The molecule has 1 atom stereocenters. The van der Waals surface area contributed by atoms with E-state index >= 15 is 0 Å². The zero-order valence-electron chi connectivity index (χ0n) is 10.2. The van der Waals surface area contributed by atoms with Crippen LogP contribution in [-0.4, -0.2) is 46.9 Å². The van der Waals surface area contributed by atoms with Gasteiger partial charge in [0.25, 0.3) is 0 Å². The fourth-order valence-electron chi connectivity index (χ4n) is 1.76. The topological polar surface area (TPSA) is 86.7 Å². The van der Waals surface area contributed by atoms with Crippen LogP contribution in [0.4, 0.5) is 0 Å². The van der Waals surface area contributed by atoms with Gasteiger partial charge in [0.05, 0.1) is 4.34 Å². The lowest BCUT2D eigenvalue weighted by Gasteiger charge is -2.31. The van der Waals surface area contributed by atoms with Crippen molar-refractivity contribution in [1.29, 1.82) is 0 Å². The van der Waals surface area contributed by atoms with Crippen molar-refractivity contribution in [1.82, 2.24) is 10.2 Å². The number of carbonyl (C=O) groups excluding carboxylic acids is 2. The van der Waals surface area contributed by atoms with Gasteiger partial charge < -0.3 is 15.3 Å². The van der Waals surface area contributed by atoms with Gasteiger partial charge in [-0.2, -0.15) is 0 Å². The molecule has 6 nitrogen and oxygen atoms in total. The number of rotatable bonds is 3. The van der Waals surface area contributed by atoms with Crippen LogP contribution >= 0.6 is 22.9 Å². The molecule has 1 aliphatic heterocycles. The predicted molar refractivity (Wildman–Crippen MR) is 74.5 cm³/mol. The highest BCUT2D eigenvalue weighted by Crippen LogP contribution is 2.22. The summed E-state index contributed by atoms with van der Waals surface area (Å²) in [5, 5.41) is 11.5. The lowest BCUT2D eigenvalue weighted by Crippen LogP contribution is -2.59. The molecule has 0 radical (unpaired) electrons. The Morgan fingerprint density at radius 3 is 2.85 bits per heavy atom. The maximum absolute atomic E-state index is 12.0. The number of thiophene rings is 1. The second kappa shape index (κ2) is 6.06. The number of hydrogen-bond donors (Lipinski definition) is 2. The summed E-state index contributed by atoms with van der Waals surface area (Å²) in [5.41, 5.74) is 0. The molecule has 2 rings (SSSR count). The first kappa shape index (κ1) is 14.5. The first-order valence-electron chi connectivity index (χ1n) is 5.71. The SMILES string of the molecule is O=C1CN(C(=O)/C=C/c2ccc(Cl)s2)C(C(=O)O)CN1. The number of piperazine rings is 1. The van der Waals surface area contributed by atoms with Crippen molar-refractivity contribution in [3.63, 3.8) is 0 Å². The number of nitrogens with zero attached hydrogens (tertiary/aromatic N) is 1. The molecule has 8 heteroatoms. The van der Waals surface area contributed by atoms with E-state index in [-0.39, 0.29) is 19.0 Å². The lowest BCUT2D eigenvalue weighted by molar-refractivity contribution is -0.152. The number of amides is 2. The third-order valence-corrected chi connectivity index (χ3v) is 3.93. The van der Waals surface area contributed by atoms with Crippen LogP contribution in [0.3, 0.4) is 0 Å². The highest BCUT2D eigenvalue weighted by atomic mass is 35.5. The molecule has 20 heavy (non-hydrogen) atoms. The highest BCUT2D eigenvalue weighted by Gasteiger charge is 2.34. The van der Waals surface area contributed by atoms with Crippen LogP contribution in [0.2, 0.25) is 4.34 Å². The summed E-state index contributed by atoms with van der Waals surface area (Å²) in [5.74, 6) is -2.04. The summed E-state index contributed by atoms with van der Waals surface area (Å²) in [7, 11) is 0. The first-order valence-corrected chi connectivity index (χ1v) is 6.90. The fraction of sp³-hybridized carbons (Fsp3) is 0.250. The van der Waals surface area contributed by atoms with Crippen molar-refractivity contribution in [3.8, 4) is 0 Å². The normalized spacial score (nSPS) is 19.1. The number of nitrogens with one attached hydrogen (secondary N) is 1. The lowest BCUT2D eigenvalue weighted by atomic mass is 10.2. The number of carboxylic acids is 1. The molecule has 1 aliphatic rings. The summed E-state index contributed by atoms with van der Waals surface area (Å²) in [6.45, 7) is -0.343. The minimum atomic E-state index is -1.15. The van der Waals surface area contributed by atoms with Crippen molar-refractivity contribution in [2.45, 2.75) is 6.04 Å². The third-order valence-electron chi connectivity index (χ3n) is 2.74. The molecule has 1 aromatic heterocycles. The van der Waals surface area contributed by atoms with Gasteiger partial charge in [-0.05, 0) is 18.2 Å². The van der Waals surface area contributed by atoms with Gasteiger partial charge in [-0.15, -0.1) is 11.3 Å². The smallest absolute Gasteiger partial charge is 0.328 e. The number of hydrogen-bond acceptors (Lipinski definition) is 4. The van der Waals surface area contributed by atoms with E-state index in [0.29, 0.717) is 4.34 Å². The number of carbonyl (C=O) groups is 3. The molecule has 0 aliphatic carbocycles. The Morgan fingerprint density at radius 2 is 2.25 bits per heavy atom. The van der Waals surface area contributed by atoms with E-state index in [2.05, 4.69) is 5.32 Å². The summed E-state index contributed by atoms with van der Waals surface area (Å²) >= 11 is 7.06. The minimum Gasteiger partial charge on any atom is -0.480 e. The van der Waals surface area contributed by atoms with Crippen LogP contribution in [0.15, 0.2) is 18.2 Å². The number of halogens is 1. The van der Waals surface area contributed by atoms with Crippen LogP contribution in [0.1, 0.15) is 4.88 Å². The van der Waals surface area contributed by atoms with Gasteiger partial charge in [0.2, 0.25) is 11.8 Å². The Kier molecular flexibility index (Phi) is 4.41. The minimum absolute atomic E-state index is 0.0847. The van der Waals surface area contributed by atoms with Crippen molar-refractivity contribution in [3.05, 3.63) is 27.4 Å². The molecule has 2 amide bonds. The van der Waals surface area contributed by atoms with Gasteiger partial charge in [0.15, 0.2) is 0 Å². The molecule has 0 saturated carbocycles. The summed E-state index contributed by atoms with van der Waals surface area (Å²) < 4.78 is 0.595. The van der Waals surface area contributed by atoms with Gasteiger partial charge in [0.1, 0.15) is 12.6 Å². The second-order valence-corrected chi connectivity index (χ2v) is 5.85. The number of carboxylic acid groups (broad SMARTS) is 1. The van der Waals surface area contributed by atoms with Gasteiger partial charge in [-0.3, -0.25) is 9.59 Å². The largest absolute Gasteiger partial charge is 0.480 e. The molecule has 0 aromatic carbocycles. The zero-order chi connectivity index (χ0) is 14.7. The van der Waals surface area contributed by atoms with E-state index in [0.717, 1.165) is 9.78 Å². The van der Waals surface area contributed by atoms with Crippen molar-refractivity contribution >= 4 is 46.8 Å². The van der Waals surface area contributed by atoms with Crippen molar-refractivity contribution in [2.75, 3.05) is 13.1 Å². The van der Waals surface area contributed by atoms with Crippen LogP contribution < -0.4 is 5.32 Å².